The highest BCUT2D eigenvalue weighted by atomic mass is 32.1. The minimum absolute atomic E-state index is 0.791. The van der Waals surface area contributed by atoms with Crippen LogP contribution in [0, 0.1) is 13.8 Å². The molecule has 0 fully saturated rings. The Labute approximate surface area is 115 Å². The molecule has 0 aliphatic carbocycles. The molecule has 96 valence electrons. The summed E-state index contributed by atoms with van der Waals surface area (Å²) in [6.07, 6.45) is 1.76. The molecule has 19 heavy (non-hydrogen) atoms. The van der Waals surface area contributed by atoms with Gasteiger partial charge in [-0.1, -0.05) is 6.07 Å². The first-order chi connectivity index (χ1) is 9.22. The SMILES string of the molecule is Cc1ccc(-c2csc(Nc3ncccc3C)n2)o1. The minimum atomic E-state index is 0.791. The van der Waals surface area contributed by atoms with Crippen LogP contribution in [0.4, 0.5) is 10.9 Å². The maximum atomic E-state index is 5.56. The predicted molar refractivity (Wildman–Crippen MR) is 76.8 cm³/mol. The number of furan rings is 1. The number of hydrogen-bond acceptors (Lipinski definition) is 5. The third-order valence-corrected chi connectivity index (χ3v) is 3.49. The van der Waals surface area contributed by atoms with Crippen LogP contribution in [-0.4, -0.2) is 9.97 Å². The Morgan fingerprint density at radius 2 is 2.11 bits per heavy atom. The van der Waals surface area contributed by atoms with E-state index in [0.29, 0.717) is 0 Å². The smallest absolute Gasteiger partial charge is 0.188 e. The molecule has 3 aromatic heterocycles. The average molecular weight is 271 g/mol. The molecule has 3 heterocycles. The first-order valence-electron chi connectivity index (χ1n) is 5.93. The summed E-state index contributed by atoms with van der Waals surface area (Å²) in [6, 6.07) is 7.80. The van der Waals surface area contributed by atoms with Gasteiger partial charge in [-0.05, 0) is 37.6 Å². The molecular weight excluding hydrogens is 258 g/mol. The third-order valence-electron chi connectivity index (χ3n) is 2.73. The molecule has 0 atom stereocenters. The molecule has 5 heteroatoms. The van der Waals surface area contributed by atoms with Gasteiger partial charge >= 0.3 is 0 Å². The molecule has 3 aromatic rings. The van der Waals surface area contributed by atoms with Gasteiger partial charge in [0.15, 0.2) is 10.9 Å². The second-order valence-electron chi connectivity index (χ2n) is 4.24. The normalized spacial score (nSPS) is 10.6. The molecule has 0 saturated carbocycles. The number of nitrogens with one attached hydrogen (secondary N) is 1. The van der Waals surface area contributed by atoms with Gasteiger partial charge in [0.25, 0.3) is 0 Å². The van der Waals surface area contributed by atoms with Gasteiger partial charge in [0.05, 0.1) is 0 Å². The molecule has 0 unspecified atom stereocenters. The summed E-state index contributed by atoms with van der Waals surface area (Å²) in [5, 5.41) is 6.01. The summed E-state index contributed by atoms with van der Waals surface area (Å²) in [6.45, 7) is 3.94. The van der Waals surface area contributed by atoms with Gasteiger partial charge in [0, 0.05) is 11.6 Å². The third kappa shape index (κ3) is 2.51. The van der Waals surface area contributed by atoms with Crippen molar-refractivity contribution >= 4 is 22.3 Å². The lowest BCUT2D eigenvalue weighted by Gasteiger charge is -2.03. The average Bonchev–Trinajstić information content (AvgIpc) is 3.01. The van der Waals surface area contributed by atoms with Crippen molar-refractivity contribution in [3.8, 4) is 11.5 Å². The fourth-order valence-corrected chi connectivity index (χ4v) is 2.43. The molecule has 0 bridgehead atoms. The summed E-state index contributed by atoms with van der Waals surface area (Å²) in [5.74, 6) is 2.51. The van der Waals surface area contributed by atoms with E-state index < -0.39 is 0 Å². The van der Waals surface area contributed by atoms with Crippen LogP contribution in [0.2, 0.25) is 0 Å². The van der Waals surface area contributed by atoms with Crippen LogP contribution in [0.1, 0.15) is 11.3 Å². The van der Waals surface area contributed by atoms with Gasteiger partial charge < -0.3 is 9.73 Å². The topological polar surface area (TPSA) is 51.0 Å². The highest BCUT2D eigenvalue weighted by Gasteiger charge is 2.09. The summed E-state index contributed by atoms with van der Waals surface area (Å²) < 4.78 is 5.56. The Balaban J connectivity index is 1.84. The van der Waals surface area contributed by atoms with Gasteiger partial charge in [-0.25, -0.2) is 9.97 Å². The zero-order valence-electron chi connectivity index (χ0n) is 10.7. The minimum Gasteiger partial charge on any atom is -0.460 e. The molecular formula is C14H13N3OS. The van der Waals surface area contributed by atoms with Crippen LogP contribution < -0.4 is 5.32 Å². The summed E-state index contributed by atoms with van der Waals surface area (Å²) in [5.41, 5.74) is 1.93. The Kier molecular flexibility index (Phi) is 3.05. The highest BCUT2D eigenvalue weighted by Crippen LogP contribution is 2.28. The monoisotopic (exact) mass is 271 g/mol. The first-order valence-corrected chi connectivity index (χ1v) is 6.81. The van der Waals surface area contributed by atoms with Gasteiger partial charge in [-0.15, -0.1) is 11.3 Å². The van der Waals surface area contributed by atoms with E-state index in [1.165, 1.54) is 11.3 Å². The fourth-order valence-electron chi connectivity index (χ4n) is 1.73. The van der Waals surface area contributed by atoms with Crippen LogP contribution in [0.15, 0.2) is 40.3 Å². The van der Waals surface area contributed by atoms with Crippen molar-refractivity contribution in [1.29, 1.82) is 0 Å². The zero-order valence-corrected chi connectivity index (χ0v) is 11.5. The second kappa shape index (κ2) is 4.85. The van der Waals surface area contributed by atoms with E-state index in [9.17, 15) is 0 Å². The van der Waals surface area contributed by atoms with Crippen molar-refractivity contribution in [1.82, 2.24) is 9.97 Å². The highest BCUT2D eigenvalue weighted by molar-refractivity contribution is 7.14. The lowest BCUT2D eigenvalue weighted by Crippen LogP contribution is -1.95. The summed E-state index contributed by atoms with van der Waals surface area (Å²) in [4.78, 5) is 8.80. The maximum Gasteiger partial charge on any atom is 0.188 e. The Bertz CT molecular complexity index is 702. The number of nitrogens with zero attached hydrogens (tertiary/aromatic N) is 2. The molecule has 4 nitrogen and oxygen atoms in total. The van der Waals surface area contributed by atoms with Crippen molar-refractivity contribution in [2.45, 2.75) is 13.8 Å². The molecule has 0 radical (unpaired) electrons. The van der Waals surface area contributed by atoms with Crippen molar-refractivity contribution in [2.75, 3.05) is 5.32 Å². The molecule has 0 aliphatic rings. The van der Waals surface area contributed by atoms with Gasteiger partial charge in [0.1, 0.15) is 17.3 Å². The Hall–Kier alpha value is -2.14. The molecule has 0 saturated heterocycles. The van der Waals surface area contributed by atoms with Crippen molar-refractivity contribution in [2.24, 2.45) is 0 Å². The molecule has 1 N–H and O–H groups in total. The van der Waals surface area contributed by atoms with Gasteiger partial charge in [-0.3, -0.25) is 0 Å². The summed E-state index contributed by atoms with van der Waals surface area (Å²) >= 11 is 1.53. The quantitative estimate of drug-likeness (QED) is 0.777. The largest absolute Gasteiger partial charge is 0.460 e. The number of anilines is 2. The maximum absolute atomic E-state index is 5.56. The van der Waals surface area contributed by atoms with E-state index in [4.69, 9.17) is 4.42 Å². The molecule has 0 aromatic carbocycles. The zero-order chi connectivity index (χ0) is 13.2. The second-order valence-corrected chi connectivity index (χ2v) is 5.10. The molecule has 0 aliphatic heterocycles. The number of aryl methyl sites for hydroxylation is 2. The van der Waals surface area contributed by atoms with Crippen LogP contribution in [-0.2, 0) is 0 Å². The van der Waals surface area contributed by atoms with E-state index in [2.05, 4.69) is 15.3 Å². The Morgan fingerprint density at radius 1 is 1.21 bits per heavy atom. The predicted octanol–water partition coefficient (Wildman–Crippen LogP) is 4.16. The number of aromatic nitrogens is 2. The molecule has 3 rings (SSSR count). The number of thiazole rings is 1. The van der Waals surface area contributed by atoms with Crippen LogP contribution in [0.3, 0.4) is 0 Å². The van der Waals surface area contributed by atoms with E-state index in [0.717, 1.165) is 33.7 Å². The first kappa shape index (κ1) is 11.9. The van der Waals surface area contributed by atoms with Crippen molar-refractivity contribution in [3.05, 3.63) is 47.2 Å². The number of pyridine rings is 1. The van der Waals surface area contributed by atoms with Gasteiger partial charge in [0.2, 0.25) is 0 Å². The molecule has 0 spiro atoms. The summed E-state index contributed by atoms with van der Waals surface area (Å²) in [7, 11) is 0. The van der Waals surface area contributed by atoms with Crippen molar-refractivity contribution in [3.63, 3.8) is 0 Å². The van der Waals surface area contributed by atoms with Crippen LogP contribution in [0.5, 0.6) is 0 Å². The van der Waals surface area contributed by atoms with E-state index in [1.54, 1.807) is 6.20 Å². The van der Waals surface area contributed by atoms with E-state index in [1.807, 2.05) is 43.5 Å². The lowest BCUT2D eigenvalue weighted by atomic mass is 10.3. The molecule has 0 amide bonds. The fraction of sp³-hybridized carbons (Fsp3) is 0.143. The van der Waals surface area contributed by atoms with E-state index in [-0.39, 0.29) is 0 Å². The van der Waals surface area contributed by atoms with Crippen LogP contribution >= 0.6 is 11.3 Å². The standard InChI is InChI=1S/C14H13N3OS/c1-9-4-3-7-15-13(9)17-14-16-11(8-19-14)12-6-5-10(2)18-12/h3-8H,1-2H3,(H,15,16,17). The number of rotatable bonds is 3. The van der Waals surface area contributed by atoms with Gasteiger partial charge in [-0.2, -0.15) is 0 Å². The van der Waals surface area contributed by atoms with Crippen LogP contribution in [0.25, 0.3) is 11.5 Å². The Morgan fingerprint density at radius 3 is 2.84 bits per heavy atom. The number of hydrogen-bond donors (Lipinski definition) is 1. The van der Waals surface area contributed by atoms with E-state index >= 15 is 0 Å². The lowest BCUT2D eigenvalue weighted by molar-refractivity contribution is 0.547. The van der Waals surface area contributed by atoms with Crippen molar-refractivity contribution < 1.29 is 4.42 Å².